The fourth-order valence-electron chi connectivity index (χ4n) is 3.35. The molecule has 12 heteroatoms. The molecule has 0 saturated carbocycles. The Morgan fingerprint density at radius 3 is 1.11 bits per heavy atom. The number of halogens is 6. The van der Waals surface area contributed by atoms with Gasteiger partial charge in [0.1, 0.15) is 11.1 Å². The van der Waals surface area contributed by atoms with E-state index in [9.17, 15) is 27.2 Å². The Hall–Kier alpha value is -1.96. The summed E-state index contributed by atoms with van der Waals surface area (Å²) in [6, 6.07) is 13.0. The maximum Gasteiger partial charge on any atom is 0.209 e. The summed E-state index contributed by atoms with van der Waals surface area (Å²) >= 11 is 11.3. The lowest BCUT2D eigenvalue weighted by Gasteiger charge is -2.10. The number of ketones is 2. The predicted molar refractivity (Wildman–Crippen MR) is 144 cm³/mol. The van der Waals surface area contributed by atoms with Crippen LogP contribution < -0.4 is 0 Å². The van der Waals surface area contributed by atoms with Crippen LogP contribution >= 0.6 is 77.2 Å². The molecule has 0 aliphatic heterocycles. The van der Waals surface area contributed by atoms with Gasteiger partial charge in [0.15, 0.2) is 23.3 Å². The highest BCUT2D eigenvalue weighted by Gasteiger charge is 2.34. The van der Waals surface area contributed by atoms with Crippen molar-refractivity contribution in [3.05, 3.63) is 100 Å². The highest BCUT2D eigenvalue weighted by molar-refractivity contribution is 9.11. The van der Waals surface area contributed by atoms with Gasteiger partial charge >= 0.3 is 0 Å². The first kappa shape index (κ1) is 25.7. The second-order valence-electron chi connectivity index (χ2n) is 7.20. The van der Waals surface area contributed by atoms with Gasteiger partial charge in [-0.15, -0.1) is 45.3 Å². The van der Waals surface area contributed by atoms with Crippen LogP contribution in [0.15, 0.2) is 56.1 Å². The molecule has 0 saturated heterocycles. The van der Waals surface area contributed by atoms with E-state index in [1.807, 2.05) is 0 Å². The Kier molecular flexibility index (Phi) is 7.18. The smallest absolute Gasteiger partial charge is 0.209 e. The topological polar surface area (TPSA) is 34.1 Å². The van der Waals surface area contributed by atoms with E-state index in [1.54, 1.807) is 36.4 Å². The van der Waals surface area contributed by atoms with Crippen molar-refractivity contribution in [2.75, 3.05) is 0 Å². The van der Waals surface area contributed by atoms with Gasteiger partial charge in [-0.1, -0.05) is 0 Å². The third kappa shape index (κ3) is 4.59. The Morgan fingerprint density at radius 2 is 0.806 bits per heavy atom. The zero-order valence-corrected chi connectivity index (χ0v) is 23.8. The van der Waals surface area contributed by atoms with Gasteiger partial charge in [-0.25, -0.2) is 17.6 Å². The SMILES string of the molecule is O=C(c1ccc(-c2ccc(Br)s2)s1)c1c(F)c(F)c(C(=O)c2ccc(-c3ccc(Br)s3)s2)c(F)c1F. The molecule has 0 bridgehead atoms. The van der Waals surface area contributed by atoms with E-state index >= 15 is 0 Å². The van der Waals surface area contributed by atoms with Crippen molar-refractivity contribution < 1.29 is 27.2 Å². The van der Waals surface area contributed by atoms with E-state index in [4.69, 9.17) is 0 Å². The van der Waals surface area contributed by atoms with Crippen molar-refractivity contribution in [2.24, 2.45) is 0 Å². The average molecular weight is 692 g/mol. The van der Waals surface area contributed by atoms with Crippen molar-refractivity contribution in [3.8, 4) is 19.5 Å². The number of benzene rings is 1. The fraction of sp³-hybridized carbons (Fsp3) is 0. The fourth-order valence-corrected chi connectivity index (χ4v) is 8.21. The number of hydrogen-bond donors (Lipinski definition) is 0. The van der Waals surface area contributed by atoms with Crippen molar-refractivity contribution >= 4 is 88.8 Å². The molecule has 0 unspecified atom stereocenters. The number of rotatable bonds is 6. The molecule has 2 nitrogen and oxygen atoms in total. The van der Waals surface area contributed by atoms with Gasteiger partial charge in [-0.2, -0.15) is 0 Å². The lowest BCUT2D eigenvalue weighted by atomic mass is 10.0. The average Bonchev–Trinajstić information content (AvgIpc) is 3.64. The lowest BCUT2D eigenvalue weighted by Crippen LogP contribution is -2.16. The monoisotopic (exact) mass is 690 g/mol. The molecule has 0 amide bonds. The van der Waals surface area contributed by atoms with Crippen molar-refractivity contribution in [2.45, 2.75) is 0 Å². The first-order valence-electron chi connectivity index (χ1n) is 9.82. The van der Waals surface area contributed by atoms with E-state index in [0.29, 0.717) is 9.75 Å². The second kappa shape index (κ2) is 10.1. The third-order valence-electron chi connectivity index (χ3n) is 5.01. The molecule has 0 fully saturated rings. The summed E-state index contributed by atoms with van der Waals surface area (Å²) < 4.78 is 61.6. The summed E-state index contributed by atoms with van der Waals surface area (Å²) in [7, 11) is 0. The van der Waals surface area contributed by atoms with E-state index in [-0.39, 0.29) is 9.75 Å². The molecular formula is C24H8Br2F4O2S4. The minimum absolute atomic E-state index is 0.102. The Bertz CT molecular complexity index is 1510. The van der Waals surface area contributed by atoms with Crippen molar-refractivity contribution in [1.82, 2.24) is 0 Å². The summed E-state index contributed by atoms with van der Waals surface area (Å²) in [6.07, 6.45) is 0. The number of carbonyl (C=O) groups is 2. The number of hydrogen-bond acceptors (Lipinski definition) is 6. The summed E-state index contributed by atoms with van der Waals surface area (Å²) in [6.45, 7) is 0. The number of carbonyl (C=O) groups excluding carboxylic acids is 2. The highest BCUT2D eigenvalue weighted by Crippen LogP contribution is 2.39. The van der Waals surface area contributed by atoms with Gasteiger partial charge in [0.05, 0.1) is 17.3 Å². The molecule has 0 radical (unpaired) electrons. The molecule has 1 aromatic carbocycles. The quantitative estimate of drug-likeness (QED) is 0.101. The van der Waals surface area contributed by atoms with Crippen LogP contribution in [0.1, 0.15) is 30.5 Å². The molecule has 5 rings (SSSR count). The third-order valence-corrected chi connectivity index (χ3v) is 10.8. The molecule has 5 aromatic rings. The number of thiophene rings is 4. The van der Waals surface area contributed by atoms with E-state index in [1.165, 1.54) is 34.8 Å². The zero-order valence-electron chi connectivity index (χ0n) is 17.3. The van der Waals surface area contributed by atoms with Crippen molar-refractivity contribution in [3.63, 3.8) is 0 Å². The predicted octanol–water partition coefficient (Wildman–Crippen LogP) is 9.81. The molecule has 4 aromatic heterocycles. The summed E-state index contributed by atoms with van der Waals surface area (Å²) in [4.78, 5) is 28.4. The van der Waals surface area contributed by atoms with Crippen LogP contribution in [-0.2, 0) is 0 Å². The Morgan fingerprint density at radius 1 is 0.500 bits per heavy atom. The van der Waals surface area contributed by atoms with Gasteiger partial charge in [0.2, 0.25) is 11.6 Å². The molecule has 0 atom stereocenters. The molecule has 36 heavy (non-hydrogen) atoms. The Balaban J connectivity index is 1.51. The van der Waals surface area contributed by atoms with Crippen LogP contribution in [0.25, 0.3) is 19.5 Å². The van der Waals surface area contributed by atoms with Gasteiger partial charge in [0, 0.05) is 19.5 Å². The molecule has 182 valence electrons. The van der Waals surface area contributed by atoms with Gasteiger partial charge in [-0.05, 0) is 80.4 Å². The minimum Gasteiger partial charge on any atom is -0.287 e. The maximum atomic E-state index is 15.0. The minimum atomic E-state index is -1.91. The molecular weight excluding hydrogens is 684 g/mol. The largest absolute Gasteiger partial charge is 0.287 e. The summed E-state index contributed by atoms with van der Waals surface area (Å²) in [5, 5.41) is 0. The molecule has 4 heterocycles. The maximum absolute atomic E-state index is 15.0. The van der Waals surface area contributed by atoms with Gasteiger partial charge < -0.3 is 0 Å². The van der Waals surface area contributed by atoms with Crippen LogP contribution in [0.5, 0.6) is 0 Å². The highest BCUT2D eigenvalue weighted by atomic mass is 79.9. The normalized spacial score (nSPS) is 11.3. The van der Waals surface area contributed by atoms with Crippen LogP contribution in [0, 0.1) is 23.3 Å². The van der Waals surface area contributed by atoms with Crippen LogP contribution in [0.2, 0.25) is 0 Å². The molecule has 0 spiro atoms. The molecule has 0 aliphatic carbocycles. The van der Waals surface area contributed by atoms with E-state index < -0.39 is 46.0 Å². The van der Waals surface area contributed by atoms with Gasteiger partial charge in [-0.3, -0.25) is 9.59 Å². The van der Waals surface area contributed by atoms with Crippen LogP contribution in [-0.4, -0.2) is 11.6 Å². The Labute approximate surface area is 234 Å². The summed E-state index contributed by atoms with van der Waals surface area (Å²) in [5.74, 6) is -10.1. The van der Waals surface area contributed by atoms with E-state index in [2.05, 4.69) is 31.9 Å². The van der Waals surface area contributed by atoms with Crippen LogP contribution in [0.4, 0.5) is 17.6 Å². The van der Waals surface area contributed by atoms with E-state index in [0.717, 1.165) is 40.0 Å². The first-order chi connectivity index (χ1) is 17.2. The standard InChI is InChI=1S/C24H8Br2F4O2S4/c25-15-7-5-11(35-15)9-1-3-13(33-9)23(31)17-19(27)21(29)18(22(30)20(17)28)24(32)14-4-2-10(34-14)12-6-8-16(26)36-12/h1-8H. The van der Waals surface area contributed by atoms with Gasteiger partial charge in [0.25, 0.3) is 0 Å². The second-order valence-corrected chi connectivity index (χ2v) is 14.3. The van der Waals surface area contributed by atoms with Crippen LogP contribution in [0.3, 0.4) is 0 Å². The molecule has 0 aliphatic rings. The molecule has 0 N–H and O–H groups in total. The lowest BCUT2D eigenvalue weighted by molar-refractivity contribution is 0.101. The first-order valence-corrected chi connectivity index (χ1v) is 14.7. The zero-order chi connectivity index (χ0) is 25.7. The van der Waals surface area contributed by atoms with Crippen molar-refractivity contribution in [1.29, 1.82) is 0 Å². The summed E-state index contributed by atoms with van der Waals surface area (Å²) in [5.41, 5.74) is -2.75.